The summed E-state index contributed by atoms with van der Waals surface area (Å²) < 4.78 is 1.08. The van der Waals surface area contributed by atoms with Crippen molar-refractivity contribution in [1.82, 2.24) is 9.88 Å². The van der Waals surface area contributed by atoms with Gasteiger partial charge in [0.15, 0.2) is 0 Å². The highest BCUT2D eigenvalue weighted by Gasteiger charge is 2.19. The Morgan fingerprint density at radius 3 is 2.78 bits per heavy atom. The van der Waals surface area contributed by atoms with Crippen LogP contribution in [0.4, 0.5) is 0 Å². The SMILES string of the molecule is N#Cc1ccnc(CC(=O)N2CCc3ccc(Br)cc3CC2)c1. The van der Waals surface area contributed by atoms with Crippen LogP contribution in [-0.2, 0) is 24.1 Å². The summed E-state index contributed by atoms with van der Waals surface area (Å²) >= 11 is 3.50. The third kappa shape index (κ3) is 3.77. The quantitative estimate of drug-likeness (QED) is 0.817. The summed E-state index contributed by atoms with van der Waals surface area (Å²) in [5.74, 6) is 0.0689. The molecule has 1 aliphatic rings. The Labute approximate surface area is 143 Å². The fraction of sp³-hybridized carbons (Fsp3) is 0.278. The largest absolute Gasteiger partial charge is 0.342 e. The van der Waals surface area contributed by atoms with Gasteiger partial charge < -0.3 is 4.90 Å². The van der Waals surface area contributed by atoms with Crippen molar-refractivity contribution in [3.8, 4) is 6.07 Å². The number of nitriles is 1. The normalized spacial score (nSPS) is 13.8. The van der Waals surface area contributed by atoms with E-state index in [1.165, 1.54) is 11.1 Å². The summed E-state index contributed by atoms with van der Waals surface area (Å²) in [6, 6.07) is 11.7. The molecule has 0 bridgehead atoms. The first-order valence-electron chi connectivity index (χ1n) is 7.56. The third-order valence-corrected chi connectivity index (χ3v) is 4.59. The monoisotopic (exact) mass is 369 g/mol. The molecule has 0 unspecified atom stereocenters. The van der Waals surface area contributed by atoms with Crippen LogP contribution in [0.5, 0.6) is 0 Å². The molecule has 0 saturated carbocycles. The molecule has 2 heterocycles. The van der Waals surface area contributed by atoms with Crippen LogP contribution in [0.15, 0.2) is 41.0 Å². The van der Waals surface area contributed by atoms with E-state index in [9.17, 15) is 4.79 Å². The summed E-state index contributed by atoms with van der Waals surface area (Å²) in [5, 5.41) is 8.93. The molecule has 23 heavy (non-hydrogen) atoms. The average molecular weight is 370 g/mol. The summed E-state index contributed by atoms with van der Waals surface area (Å²) in [4.78, 5) is 18.6. The first kappa shape index (κ1) is 15.7. The number of hydrogen-bond donors (Lipinski definition) is 0. The van der Waals surface area contributed by atoms with E-state index in [1.54, 1.807) is 18.3 Å². The lowest BCUT2D eigenvalue weighted by molar-refractivity contribution is -0.130. The molecule has 3 rings (SSSR count). The van der Waals surface area contributed by atoms with Crippen molar-refractivity contribution in [3.63, 3.8) is 0 Å². The topological polar surface area (TPSA) is 57.0 Å². The molecule has 1 aliphatic heterocycles. The van der Waals surface area contributed by atoms with E-state index >= 15 is 0 Å². The van der Waals surface area contributed by atoms with Gasteiger partial charge in [-0.3, -0.25) is 9.78 Å². The summed E-state index contributed by atoms with van der Waals surface area (Å²) in [6.45, 7) is 1.45. The van der Waals surface area contributed by atoms with Crippen LogP contribution in [-0.4, -0.2) is 28.9 Å². The van der Waals surface area contributed by atoms with Crippen LogP contribution in [0.3, 0.4) is 0 Å². The van der Waals surface area contributed by atoms with E-state index in [1.807, 2.05) is 11.0 Å². The second-order valence-corrected chi connectivity index (χ2v) is 6.53. The Hall–Kier alpha value is -2.19. The maximum absolute atomic E-state index is 12.5. The molecule has 2 aromatic rings. The average Bonchev–Trinajstić information content (AvgIpc) is 2.77. The van der Waals surface area contributed by atoms with E-state index in [0.717, 1.165) is 30.4 Å². The minimum atomic E-state index is 0.0689. The maximum atomic E-state index is 12.5. The van der Waals surface area contributed by atoms with Gasteiger partial charge in [0.05, 0.1) is 23.7 Å². The highest BCUT2D eigenvalue weighted by molar-refractivity contribution is 9.10. The summed E-state index contributed by atoms with van der Waals surface area (Å²) in [5.41, 5.74) is 3.81. The van der Waals surface area contributed by atoms with E-state index in [2.05, 4.69) is 39.1 Å². The van der Waals surface area contributed by atoms with Crippen molar-refractivity contribution >= 4 is 21.8 Å². The van der Waals surface area contributed by atoms with E-state index in [4.69, 9.17) is 5.26 Å². The number of pyridine rings is 1. The zero-order chi connectivity index (χ0) is 16.2. The summed E-state index contributed by atoms with van der Waals surface area (Å²) in [6.07, 6.45) is 3.57. The van der Waals surface area contributed by atoms with Crippen LogP contribution in [0, 0.1) is 11.3 Å². The number of halogens is 1. The van der Waals surface area contributed by atoms with Gasteiger partial charge in [-0.25, -0.2) is 0 Å². The lowest BCUT2D eigenvalue weighted by Gasteiger charge is -2.20. The van der Waals surface area contributed by atoms with Gasteiger partial charge in [0.2, 0.25) is 5.91 Å². The lowest BCUT2D eigenvalue weighted by Crippen LogP contribution is -2.34. The van der Waals surface area contributed by atoms with Gasteiger partial charge in [-0.15, -0.1) is 0 Å². The Kier molecular flexibility index (Phi) is 4.73. The Morgan fingerprint density at radius 1 is 1.22 bits per heavy atom. The molecule has 0 radical (unpaired) electrons. The molecular weight excluding hydrogens is 354 g/mol. The highest BCUT2D eigenvalue weighted by Crippen LogP contribution is 2.21. The van der Waals surface area contributed by atoms with Crippen molar-refractivity contribution in [1.29, 1.82) is 5.26 Å². The molecule has 116 valence electrons. The van der Waals surface area contributed by atoms with Gasteiger partial charge in [-0.2, -0.15) is 5.26 Å². The van der Waals surface area contributed by atoms with Crippen molar-refractivity contribution in [2.45, 2.75) is 19.3 Å². The molecule has 4 nitrogen and oxygen atoms in total. The minimum Gasteiger partial charge on any atom is -0.342 e. The van der Waals surface area contributed by atoms with E-state index < -0.39 is 0 Å². The standard InChI is InChI=1S/C18H16BrN3O/c19-16-2-1-14-4-7-22(8-5-15(14)10-16)18(23)11-17-9-13(12-20)3-6-21-17/h1-3,6,9-10H,4-5,7-8,11H2. The molecule has 1 aromatic heterocycles. The van der Waals surface area contributed by atoms with Crippen LogP contribution in [0.2, 0.25) is 0 Å². The number of rotatable bonds is 2. The number of hydrogen-bond acceptors (Lipinski definition) is 3. The predicted octanol–water partition coefficient (Wildman–Crippen LogP) is 2.89. The molecular formula is C18H16BrN3O. The zero-order valence-corrected chi connectivity index (χ0v) is 14.2. The van der Waals surface area contributed by atoms with Crippen molar-refractivity contribution < 1.29 is 4.79 Å². The van der Waals surface area contributed by atoms with Crippen molar-refractivity contribution in [2.75, 3.05) is 13.1 Å². The van der Waals surface area contributed by atoms with Crippen LogP contribution in [0.25, 0.3) is 0 Å². The number of carbonyl (C=O) groups is 1. The molecule has 0 spiro atoms. The van der Waals surface area contributed by atoms with Gasteiger partial charge in [0.1, 0.15) is 0 Å². The molecule has 1 aromatic carbocycles. The smallest absolute Gasteiger partial charge is 0.228 e. The maximum Gasteiger partial charge on any atom is 0.228 e. The van der Waals surface area contributed by atoms with Crippen molar-refractivity contribution in [3.05, 3.63) is 63.4 Å². The van der Waals surface area contributed by atoms with Crippen LogP contribution < -0.4 is 0 Å². The number of nitrogens with zero attached hydrogens (tertiary/aromatic N) is 3. The van der Waals surface area contributed by atoms with Crippen LogP contribution >= 0.6 is 15.9 Å². The molecule has 1 amide bonds. The number of benzene rings is 1. The number of amides is 1. The number of aromatic nitrogens is 1. The van der Waals surface area contributed by atoms with Gasteiger partial charge in [-0.05, 0) is 48.2 Å². The second-order valence-electron chi connectivity index (χ2n) is 5.62. The molecule has 5 heteroatoms. The third-order valence-electron chi connectivity index (χ3n) is 4.10. The molecule has 0 fully saturated rings. The highest BCUT2D eigenvalue weighted by atomic mass is 79.9. The second kappa shape index (κ2) is 6.93. The van der Waals surface area contributed by atoms with Gasteiger partial charge in [-0.1, -0.05) is 22.0 Å². The fourth-order valence-corrected chi connectivity index (χ4v) is 3.26. The van der Waals surface area contributed by atoms with E-state index in [-0.39, 0.29) is 12.3 Å². The Balaban J connectivity index is 1.68. The number of carbonyl (C=O) groups excluding carboxylic acids is 1. The van der Waals surface area contributed by atoms with Gasteiger partial charge >= 0.3 is 0 Å². The summed E-state index contributed by atoms with van der Waals surface area (Å²) in [7, 11) is 0. The zero-order valence-electron chi connectivity index (χ0n) is 12.6. The molecule has 0 saturated heterocycles. The number of fused-ring (bicyclic) bond motifs is 1. The van der Waals surface area contributed by atoms with Crippen molar-refractivity contribution in [2.24, 2.45) is 0 Å². The molecule has 0 aliphatic carbocycles. The lowest BCUT2D eigenvalue weighted by atomic mass is 10.0. The van der Waals surface area contributed by atoms with Gasteiger partial charge in [0, 0.05) is 23.8 Å². The fourth-order valence-electron chi connectivity index (χ4n) is 2.85. The minimum absolute atomic E-state index is 0.0689. The Bertz CT molecular complexity index is 782. The molecule has 0 atom stereocenters. The first-order chi connectivity index (χ1) is 11.2. The van der Waals surface area contributed by atoms with Crippen LogP contribution in [0.1, 0.15) is 22.4 Å². The first-order valence-corrected chi connectivity index (χ1v) is 8.35. The van der Waals surface area contributed by atoms with Gasteiger partial charge in [0.25, 0.3) is 0 Å². The molecule has 0 N–H and O–H groups in total. The Morgan fingerprint density at radius 2 is 2.00 bits per heavy atom. The predicted molar refractivity (Wildman–Crippen MR) is 90.8 cm³/mol. The van der Waals surface area contributed by atoms with E-state index in [0.29, 0.717) is 11.3 Å².